The summed E-state index contributed by atoms with van der Waals surface area (Å²) in [6.45, 7) is 10.3. The van der Waals surface area contributed by atoms with Crippen LogP contribution in [0, 0.1) is 18.3 Å². The summed E-state index contributed by atoms with van der Waals surface area (Å²) in [6, 6.07) is 6.72. The molecule has 0 unspecified atom stereocenters. The van der Waals surface area contributed by atoms with Crippen LogP contribution < -0.4 is 4.90 Å². The Hall–Kier alpha value is -2.22. The Kier molecular flexibility index (Phi) is 4.64. The minimum Gasteiger partial charge on any atom is -0.444 e. The molecule has 2 fully saturated rings. The van der Waals surface area contributed by atoms with Crippen molar-refractivity contribution in [3.05, 3.63) is 28.8 Å². The highest BCUT2D eigenvalue weighted by Gasteiger charge is 2.29. The van der Waals surface area contributed by atoms with E-state index in [1.54, 1.807) is 4.90 Å². The van der Waals surface area contributed by atoms with E-state index in [0.29, 0.717) is 19.0 Å². The van der Waals surface area contributed by atoms with Crippen molar-refractivity contribution in [2.24, 2.45) is 0 Å². The fourth-order valence-electron chi connectivity index (χ4n) is 3.30. The van der Waals surface area contributed by atoms with Gasteiger partial charge in [-0.05, 0) is 63.6 Å². The van der Waals surface area contributed by atoms with E-state index in [9.17, 15) is 10.1 Å². The quantitative estimate of drug-likeness (QED) is 0.821. The Labute approximate surface area is 150 Å². The van der Waals surface area contributed by atoms with Crippen LogP contribution in [0.1, 0.15) is 56.2 Å². The fraction of sp³-hybridized carbons (Fsp3) is 0.600. The second-order valence-electron chi connectivity index (χ2n) is 8.07. The molecule has 1 saturated carbocycles. The minimum atomic E-state index is -0.474. The fourth-order valence-corrected chi connectivity index (χ4v) is 3.30. The molecule has 0 N–H and O–H groups in total. The number of piperazine rings is 1. The molecule has 0 bridgehead atoms. The van der Waals surface area contributed by atoms with Crippen molar-refractivity contribution in [3.8, 4) is 6.07 Å². The van der Waals surface area contributed by atoms with Crippen LogP contribution in [-0.2, 0) is 4.74 Å². The molecule has 25 heavy (non-hydrogen) atoms. The van der Waals surface area contributed by atoms with E-state index < -0.39 is 5.60 Å². The van der Waals surface area contributed by atoms with Gasteiger partial charge in [0.2, 0.25) is 0 Å². The van der Waals surface area contributed by atoms with Gasteiger partial charge >= 0.3 is 6.09 Å². The zero-order valence-corrected chi connectivity index (χ0v) is 15.6. The summed E-state index contributed by atoms with van der Waals surface area (Å²) >= 11 is 0. The van der Waals surface area contributed by atoms with Gasteiger partial charge < -0.3 is 14.5 Å². The van der Waals surface area contributed by atoms with Crippen LogP contribution in [0.4, 0.5) is 10.5 Å². The lowest BCUT2D eigenvalue weighted by Crippen LogP contribution is -2.50. The molecule has 1 aromatic rings. The van der Waals surface area contributed by atoms with E-state index in [4.69, 9.17) is 4.74 Å². The molecule has 1 aliphatic carbocycles. The first-order valence-electron chi connectivity index (χ1n) is 9.06. The van der Waals surface area contributed by atoms with Crippen molar-refractivity contribution < 1.29 is 9.53 Å². The van der Waals surface area contributed by atoms with Crippen LogP contribution in [0.2, 0.25) is 0 Å². The Bertz CT molecular complexity index is 703. The number of hydrogen-bond acceptors (Lipinski definition) is 4. The third-order valence-corrected chi connectivity index (χ3v) is 4.77. The number of carbonyl (C=O) groups is 1. The first kappa shape index (κ1) is 17.6. The number of rotatable bonds is 2. The molecular weight excluding hydrogens is 314 g/mol. The molecule has 0 atom stereocenters. The third-order valence-electron chi connectivity index (χ3n) is 4.77. The number of aryl methyl sites for hydroxylation is 1. The molecule has 1 heterocycles. The topological polar surface area (TPSA) is 56.6 Å². The van der Waals surface area contributed by atoms with Gasteiger partial charge in [0, 0.05) is 26.2 Å². The Morgan fingerprint density at radius 2 is 1.84 bits per heavy atom. The lowest BCUT2D eigenvalue weighted by Gasteiger charge is -2.37. The first-order valence-corrected chi connectivity index (χ1v) is 9.06. The van der Waals surface area contributed by atoms with Gasteiger partial charge in [0.1, 0.15) is 11.7 Å². The van der Waals surface area contributed by atoms with Gasteiger partial charge in [0.05, 0.1) is 11.3 Å². The molecule has 1 aromatic carbocycles. The summed E-state index contributed by atoms with van der Waals surface area (Å²) < 4.78 is 5.46. The zero-order valence-electron chi connectivity index (χ0n) is 15.6. The lowest BCUT2D eigenvalue weighted by atomic mass is 9.99. The monoisotopic (exact) mass is 341 g/mol. The second kappa shape index (κ2) is 6.59. The van der Waals surface area contributed by atoms with E-state index >= 15 is 0 Å². The summed E-state index contributed by atoms with van der Waals surface area (Å²) in [5.74, 6) is 0.660. The lowest BCUT2D eigenvalue weighted by molar-refractivity contribution is 0.0240. The van der Waals surface area contributed by atoms with Gasteiger partial charge in [-0.25, -0.2) is 4.79 Å². The molecule has 134 valence electrons. The molecule has 1 saturated heterocycles. The third kappa shape index (κ3) is 4.07. The zero-order chi connectivity index (χ0) is 18.2. The smallest absolute Gasteiger partial charge is 0.410 e. The molecule has 3 rings (SSSR count). The van der Waals surface area contributed by atoms with Gasteiger partial charge in [0.25, 0.3) is 0 Å². The Balaban J connectivity index is 1.73. The molecule has 5 heteroatoms. The van der Waals surface area contributed by atoms with Crippen LogP contribution in [0.15, 0.2) is 12.1 Å². The summed E-state index contributed by atoms with van der Waals surface area (Å²) in [4.78, 5) is 16.2. The van der Waals surface area contributed by atoms with Crippen molar-refractivity contribution in [2.45, 2.75) is 52.1 Å². The molecule has 1 amide bonds. The highest BCUT2D eigenvalue weighted by atomic mass is 16.6. The van der Waals surface area contributed by atoms with Gasteiger partial charge in [-0.15, -0.1) is 0 Å². The number of ether oxygens (including phenoxy) is 1. The second-order valence-corrected chi connectivity index (χ2v) is 8.07. The summed E-state index contributed by atoms with van der Waals surface area (Å²) in [7, 11) is 0. The predicted octanol–water partition coefficient (Wildman–Crippen LogP) is 3.80. The van der Waals surface area contributed by atoms with Crippen molar-refractivity contribution in [3.63, 3.8) is 0 Å². The van der Waals surface area contributed by atoms with Gasteiger partial charge in [-0.1, -0.05) is 6.07 Å². The number of anilines is 1. The van der Waals surface area contributed by atoms with Crippen molar-refractivity contribution in [1.29, 1.82) is 5.26 Å². The largest absolute Gasteiger partial charge is 0.444 e. The molecule has 1 aliphatic heterocycles. The Morgan fingerprint density at radius 1 is 1.20 bits per heavy atom. The van der Waals surface area contributed by atoms with Gasteiger partial charge in [0.15, 0.2) is 0 Å². The van der Waals surface area contributed by atoms with Crippen LogP contribution >= 0.6 is 0 Å². The molecule has 0 aromatic heterocycles. The highest BCUT2D eigenvalue weighted by Crippen LogP contribution is 2.42. The molecule has 5 nitrogen and oxygen atoms in total. The standard InChI is InChI=1S/C20H27N3O2/c1-14-11-16(15-5-6-15)12-18(17(14)13-21)22-7-9-23(10-8-22)19(24)25-20(2,3)4/h11-12,15H,5-10H2,1-4H3. The highest BCUT2D eigenvalue weighted by molar-refractivity contribution is 5.69. The summed E-state index contributed by atoms with van der Waals surface area (Å²) in [5.41, 5.74) is 3.71. The van der Waals surface area contributed by atoms with Crippen LogP contribution in [-0.4, -0.2) is 42.8 Å². The number of carbonyl (C=O) groups excluding carboxylic acids is 1. The number of hydrogen-bond donors (Lipinski definition) is 0. The van der Waals surface area contributed by atoms with E-state index in [-0.39, 0.29) is 6.09 Å². The minimum absolute atomic E-state index is 0.254. The Morgan fingerprint density at radius 3 is 2.36 bits per heavy atom. The normalized spacial score (nSPS) is 18.0. The van der Waals surface area contributed by atoms with Gasteiger partial charge in [-0.3, -0.25) is 0 Å². The molecular formula is C20H27N3O2. The predicted molar refractivity (Wildman–Crippen MR) is 97.9 cm³/mol. The van der Waals surface area contributed by atoms with E-state index in [0.717, 1.165) is 29.9 Å². The van der Waals surface area contributed by atoms with Crippen LogP contribution in [0.3, 0.4) is 0 Å². The van der Waals surface area contributed by atoms with Crippen molar-refractivity contribution in [2.75, 3.05) is 31.1 Å². The van der Waals surface area contributed by atoms with E-state index in [2.05, 4.69) is 23.1 Å². The van der Waals surface area contributed by atoms with Gasteiger partial charge in [-0.2, -0.15) is 5.26 Å². The maximum Gasteiger partial charge on any atom is 0.410 e. The number of amides is 1. The van der Waals surface area contributed by atoms with Crippen molar-refractivity contribution in [1.82, 2.24) is 4.90 Å². The molecule has 0 radical (unpaired) electrons. The average Bonchev–Trinajstić information content (AvgIpc) is 3.37. The maximum absolute atomic E-state index is 12.2. The van der Waals surface area contributed by atoms with Crippen molar-refractivity contribution >= 4 is 11.8 Å². The summed E-state index contributed by atoms with van der Waals surface area (Å²) in [6.07, 6.45) is 2.24. The van der Waals surface area contributed by atoms with E-state index in [1.807, 2.05) is 27.7 Å². The SMILES string of the molecule is Cc1cc(C2CC2)cc(N2CCN(C(=O)OC(C)(C)C)CC2)c1C#N. The number of nitrogens with zero attached hydrogens (tertiary/aromatic N) is 3. The summed E-state index contributed by atoms with van der Waals surface area (Å²) in [5, 5.41) is 9.58. The molecule has 2 aliphatic rings. The van der Waals surface area contributed by atoms with Crippen LogP contribution in [0.5, 0.6) is 0 Å². The first-order chi connectivity index (χ1) is 11.8. The molecule has 0 spiro atoms. The number of nitriles is 1. The number of benzene rings is 1. The van der Waals surface area contributed by atoms with E-state index in [1.165, 1.54) is 18.4 Å². The maximum atomic E-state index is 12.2. The van der Waals surface area contributed by atoms with Crippen LogP contribution in [0.25, 0.3) is 0 Å². The average molecular weight is 341 g/mol.